The Hall–Kier alpha value is -2.51. The van der Waals surface area contributed by atoms with Gasteiger partial charge in [0.2, 0.25) is 21.8 Å². The van der Waals surface area contributed by atoms with E-state index in [-0.39, 0.29) is 23.3 Å². The molecule has 1 saturated heterocycles. The van der Waals surface area contributed by atoms with Crippen LogP contribution in [0.15, 0.2) is 59.5 Å². The van der Waals surface area contributed by atoms with Crippen molar-refractivity contribution in [1.29, 1.82) is 0 Å². The average molecular weight is 386 g/mol. The Morgan fingerprint density at radius 2 is 1.52 bits per heavy atom. The Morgan fingerprint density at radius 1 is 0.926 bits per heavy atom. The number of imide groups is 1. The summed E-state index contributed by atoms with van der Waals surface area (Å²) in [4.78, 5) is 25.3. The number of piperidine rings is 1. The SMILES string of the molecule is CCN(Cc1ccccc1)S(=O)(=O)c1ccc(N2C(=O)CCCC2=O)cc1. The number of rotatable bonds is 6. The van der Waals surface area contributed by atoms with Gasteiger partial charge in [0.25, 0.3) is 0 Å². The number of amides is 2. The summed E-state index contributed by atoms with van der Waals surface area (Å²) in [6.07, 6.45) is 1.21. The molecule has 0 aliphatic carbocycles. The van der Waals surface area contributed by atoms with E-state index in [1.165, 1.54) is 28.6 Å². The van der Waals surface area contributed by atoms with Crippen LogP contribution < -0.4 is 4.90 Å². The Bertz CT molecular complexity index is 908. The molecule has 2 amide bonds. The summed E-state index contributed by atoms with van der Waals surface area (Å²) >= 11 is 0. The van der Waals surface area contributed by atoms with E-state index >= 15 is 0 Å². The van der Waals surface area contributed by atoms with Crippen LogP contribution in [0.1, 0.15) is 31.7 Å². The van der Waals surface area contributed by atoms with Crippen molar-refractivity contribution in [2.75, 3.05) is 11.4 Å². The summed E-state index contributed by atoms with van der Waals surface area (Å²) in [7, 11) is -3.68. The summed E-state index contributed by atoms with van der Waals surface area (Å²) < 4.78 is 27.3. The van der Waals surface area contributed by atoms with E-state index in [2.05, 4.69) is 0 Å². The Kier molecular flexibility index (Phi) is 5.72. The van der Waals surface area contributed by atoms with Gasteiger partial charge < -0.3 is 0 Å². The summed E-state index contributed by atoms with van der Waals surface area (Å²) in [5, 5.41) is 0. The topological polar surface area (TPSA) is 74.8 Å². The monoisotopic (exact) mass is 386 g/mol. The fourth-order valence-electron chi connectivity index (χ4n) is 3.11. The van der Waals surface area contributed by atoms with Crippen LogP contribution in [0.4, 0.5) is 5.69 Å². The number of hydrogen-bond donors (Lipinski definition) is 0. The number of nitrogens with zero attached hydrogens (tertiary/aromatic N) is 2. The molecule has 27 heavy (non-hydrogen) atoms. The number of anilines is 1. The second-order valence-corrected chi connectivity index (χ2v) is 8.33. The zero-order valence-corrected chi connectivity index (χ0v) is 16.0. The van der Waals surface area contributed by atoms with Crippen LogP contribution in [0.2, 0.25) is 0 Å². The zero-order chi connectivity index (χ0) is 19.4. The van der Waals surface area contributed by atoms with E-state index in [4.69, 9.17) is 0 Å². The first-order chi connectivity index (χ1) is 12.9. The summed E-state index contributed by atoms with van der Waals surface area (Å²) in [5.74, 6) is -0.498. The molecule has 2 aromatic rings. The minimum absolute atomic E-state index is 0.140. The van der Waals surface area contributed by atoms with E-state index in [1.807, 2.05) is 30.3 Å². The Labute approximate surface area is 159 Å². The first-order valence-corrected chi connectivity index (χ1v) is 10.4. The van der Waals surface area contributed by atoms with Crippen molar-refractivity contribution in [1.82, 2.24) is 4.31 Å². The highest BCUT2D eigenvalue weighted by Gasteiger charge is 2.28. The zero-order valence-electron chi connectivity index (χ0n) is 15.2. The van der Waals surface area contributed by atoms with Crippen LogP contribution >= 0.6 is 0 Å². The Balaban J connectivity index is 1.84. The fourth-order valence-corrected chi connectivity index (χ4v) is 4.55. The molecule has 1 aliphatic rings. The normalized spacial score (nSPS) is 15.4. The molecule has 0 N–H and O–H groups in total. The lowest BCUT2D eigenvalue weighted by atomic mass is 10.1. The maximum atomic E-state index is 13.0. The van der Waals surface area contributed by atoms with Crippen molar-refractivity contribution >= 4 is 27.5 Å². The molecule has 1 fully saturated rings. The molecule has 1 heterocycles. The van der Waals surface area contributed by atoms with Gasteiger partial charge >= 0.3 is 0 Å². The van der Waals surface area contributed by atoms with Gasteiger partial charge in [0, 0.05) is 25.9 Å². The molecule has 7 heteroatoms. The van der Waals surface area contributed by atoms with E-state index in [9.17, 15) is 18.0 Å². The van der Waals surface area contributed by atoms with Crippen LogP contribution in [-0.2, 0) is 26.2 Å². The molecule has 2 aromatic carbocycles. The van der Waals surface area contributed by atoms with Gasteiger partial charge in [0.05, 0.1) is 10.6 Å². The largest absolute Gasteiger partial charge is 0.274 e. The van der Waals surface area contributed by atoms with Crippen molar-refractivity contribution in [2.45, 2.75) is 37.6 Å². The molecule has 0 aromatic heterocycles. The first kappa shape index (κ1) is 19.3. The van der Waals surface area contributed by atoms with Crippen LogP contribution in [0.3, 0.4) is 0 Å². The molecule has 0 saturated carbocycles. The summed E-state index contributed by atoms with van der Waals surface area (Å²) in [5.41, 5.74) is 1.32. The van der Waals surface area contributed by atoms with Crippen LogP contribution in [0.5, 0.6) is 0 Å². The van der Waals surface area contributed by atoms with Crippen molar-refractivity contribution in [2.24, 2.45) is 0 Å². The fraction of sp³-hybridized carbons (Fsp3) is 0.300. The van der Waals surface area contributed by atoms with E-state index in [0.29, 0.717) is 31.5 Å². The maximum Gasteiger partial charge on any atom is 0.243 e. The quantitative estimate of drug-likeness (QED) is 0.716. The highest BCUT2D eigenvalue weighted by Crippen LogP contribution is 2.25. The third kappa shape index (κ3) is 4.09. The van der Waals surface area contributed by atoms with Gasteiger partial charge in [-0.1, -0.05) is 37.3 Å². The number of benzene rings is 2. The molecular weight excluding hydrogens is 364 g/mol. The van der Waals surface area contributed by atoms with Gasteiger partial charge in [-0.15, -0.1) is 0 Å². The lowest BCUT2D eigenvalue weighted by molar-refractivity contribution is -0.129. The number of carbonyl (C=O) groups excluding carboxylic acids is 2. The molecule has 6 nitrogen and oxygen atoms in total. The van der Waals surface area contributed by atoms with Crippen molar-refractivity contribution in [3.05, 3.63) is 60.2 Å². The van der Waals surface area contributed by atoms with Gasteiger partial charge in [-0.25, -0.2) is 8.42 Å². The van der Waals surface area contributed by atoms with Gasteiger partial charge in [-0.05, 0) is 36.2 Å². The standard InChI is InChI=1S/C20H22N2O4S/c1-2-21(15-16-7-4-3-5-8-16)27(25,26)18-13-11-17(12-14-18)22-19(23)9-6-10-20(22)24/h3-5,7-8,11-14H,2,6,9-10,15H2,1H3. The van der Waals surface area contributed by atoms with Gasteiger partial charge in [-0.3, -0.25) is 14.5 Å². The lowest BCUT2D eigenvalue weighted by Crippen LogP contribution is -2.40. The maximum absolute atomic E-state index is 13.0. The lowest BCUT2D eigenvalue weighted by Gasteiger charge is -2.25. The van der Waals surface area contributed by atoms with Crippen LogP contribution in [0.25, 0.3) is 0 Å². The molecule has 0 radical (unpaired) electrons. The number of sulfonamides is 1. The van der Waals surface area contributed by atoms with Crippen molar-refractivity contribution < 1.29 is 18.0 Å². The van der Waals surface area contributed by atoms with Gasteiger partial charge in [0.15, 0.2) is 0 Å². The van der Waals surface area contributed by atoms with E-state index < -0.39 is 10.0 Å². The third-order valence-corrected chi connectivity index (χ3v) is 6.50. The van der Waals surface area contributed by atoms with Gasteiger partial charge in [0.1, 0.15) is 0 Å². The molecule has 0 spiro atoms. The molecule has 0 unspecified atom stereocenters. The predicted molar refractivity (Wildman–Crippen MR) is 102 cm³/mol. The highest BCUT2D eigenvalue weighted by molar-refractivity contribution is 7.89. The van der Waals surface area contributed by atoms with Gasteiger partial charge in [-0.2, -0.15) is 4.31 Å². The third-order valence-electron chi connectivity index (χ3n) is 4.57. The van der Waals surface area contributed by atoms with Crippen molar-refractivity contribution in [3.63, 3.8) is 0 Å². The van der Waals surface area contributed by atoms with Crippen molar-refractivity contribution in [3.8, 4) is 0 Å². The predicted octanol–water partition coefficient (Wildman–Crippen LogP) is 2.94. The minimum atomic E-state index is -3.68. The molecule has 0 atom stereocenters. The highest BCUT2D eigenvalue weighted by atomic mass is 32.2. The minimum Gasteiger partial charge on any atom is -0.274 e. The summed E-state index contributed by atoms with van der Waals surface area (Å²) in [6, 6.07) is 15.3. The summed E-state index contributed by atoms with van der Waals surface area (Å²) in [6.45, 7) is 2.41. The molecule has 0 bridgehead atoms. The second-order valence-electron chi connectivity index (χ2n) is 6.39. The Morgan fingerprint density at radius 3 is 2.07 bits per heavy atom. The molecular formula is C20H22N2O4S. The molecule has 1 aliphatic heterocycles. The number of hydrogen-bond acceptors (Lipinski definition) is 4. The molecule has 142 valence electrons. The molecule has 3 rings (SSSR count). The van der Waals surface area contributed by atoms with Crippen LogP contribution in [0, 0.1) is 0 Å². The number of carbonyl (C=O) groups is 2. The smallest absolute Gasteiger partial charge is 0.243 e. The van der Waals surface area contributed by atoms with Crippen LogP contribution in [-0.4, -0.2) is 31.1 Å². The second kappa shape index (κ2) is 8.02. The average Bonchev–Trinajstić information content (AvgIpc) is 2.67. The van der Waals surface area contributed by atoms with E-state index in [1.54, 1.807) is 6.92 Å². The van der Waals surface area contributed by atoms with E-state index in [0.717, 1.165) is 10.5 Å². The first-order valence-electron chi connectivity index (χ1n) is 8.93.